The molecule has 0 aliphatic rings. The summed E-state index contributed by atoms with van der Waals surface area (Å²) in [4.78, 5) is 16.6. The van der Waals surface area contributed by atoms with Crippen molar-refractivity contribution in [1.29, 1.82) is 0 Å². The Morgan fingerprint density at radius 2 is 1.68 bits per heavy atom. The Labute approximate surface area is 161 Å². The van der Waals surface area contributed by atoms with Crippen molar-refractivity contribution < 1.29 is 13.8 Å². The summed E-state index contributed by atoms with van der Waals surface area (Å²) in [7, 11) is 0. The Morgan fingerprint density at radius 3 is 2.32 bits per heavy atom. The molecule has 0 spiro atoms. The minimum absolute atomic E-state index is 0.288. The second-order valence-electron chi connectivity index (χ2n) is 6.31. The molecule has 2 aromatic carbocycles. The molecule has 0 aliphatic carbocycles. The molecule has 4 rings (SSSR count). The number of anilines is 1. The molecule has 1 N–H and O–H groups in total. The summed E-state index contributed by atoms with van der Waals surface area (Å²) in [6.07, 6.45) is 0.977. The van der Waals surface area contributed by atoms with E-state index in [0.717, 1.165) is 17.5 Å². The first-order chi connectivity index (χ1) is 13.6. The van der Waals surface area contributed by atoms with Crippen molar-refractivity contribution in [1.82, 2.24) is 15.3 Å². The molecular formula is C21H18N4O3. The fraction of sp³-hybridized carbons (Fsp3) is 0.143. The minimum Gasteiger partial charge on any atom is -0.338 e. The molecule has 2 aromatic heterocycles. The smallest absolute Gasteiger partial charge is 0.258 e. The molecule has 7 nitrogen and oxygen atoms in total. The molecule has 0 saturated heterocycles. The molecule has 4 aromatic rings. The topological polar surface area (TPSA) is 94.1 Å². The number of amides is 1. The molecule has 0 atom stereocenters. The van der Waals surface area contributed by atoms with Gasteiger partial charge in [-0.1, -0.05) is 41.5 Å². The zero-order valence-electron chi connectivity index (χ0n) is 15.5. The van der Waals surface area contributed by atoms with Crippen molar-refractivity contribution in [2.75, 3.05) is 5.32 Å². The maximum absolute atomic E-state index is 12.4. The lowest BCUT2D eigenvalue weighted by Gasteiger charge is -2.01. The van der Waals surface area contributed by atoms with Gasteiger partial charge in [0.1, 0.15) is 5.69 Å². The summed E-state index contributed by atoms with van der Waals surface area (Å²) in [6.45, 7) is 3.85. The lowest BCUT2D eigenvalue weighted by molar-refractivity contribution is 0.102. The molecule has 1 amide bonds. The lowest BCUT2D eigenvalue weighted by Crippen LogP contribution is -2.11. The Kier molecular flexibility index (Phi) is 4.72. The van der Waals surface area contributed by atoms with Crippen LogP contribution in [0.1, 0.15) is 28.7 Å². The number of nitrogens with one attached hydrogen (secondary N) is 1. The van der Waals surface area contributed by atoms with Crippen molar-refractivity contribution in [3.05, 3.63) is 71.5 Å². The zero-order chi connectivity index (χ0) is 19.5. The average Bonchev–Trinajstić information content (AvgIpc) is 3.37. The third-order valence-corrected chi connectivity index (χ3v) is 4.33. The third-order valence-electron chi connectivity index (χ3n) is 4.33. The first kappa shape index (κ1) is 17.7. The van der Waals surface area contributed by atoms with Crippen LogP contribution in [0, 0.1) is 6.92 Å². The predicted molar refractivity (Wildman–Crippen MR) is 104 cm³/mol. The predicted octanol–water partition coefficient (Wildman–Crippen LogP) is 4.51. The highest BCUT2D eigenvalue weighted by atomic mass is 16.5. The molecule has 0 aliphatic heterocycles. The number of carbonyl (C=O) groups excluding carboxylic acids is 1. The first-order valence-electron chi connectivity index (χ1n) is 8.90. The van der Waals surface area contributed by atoms with Gasteiger partial charge in [-0.3, -0.25) is 10.1 Å². The van der Waals surface area contributed by atoms with Gasteiger partial charge in [-0.05, 0) is 43.2 Å². The van der Waals surface area contributed by atoms with Crippen LogP contribution >= 0.6 is 0 Å². The summed E-state index contributed by atoms with van der Waals surface area (Å²) in [5, 5.41) is 10.5. The Bertz CT molecular complexity index is 1100. The molecule has 0 saturated carbocycles. The van der Waals surface area contributed by atoms with E-state index in [1.165, 1.54) is 5.56 Å². The second kappa shape index (κ2) is 7.48. The van der Waals surface area contributed by atoms with E-state index < -0.39 is 0 Å². The Morgan fingerprint density at radius 1 is 0.964 bits per heavy atom. The molecule has 140 valence electrons. The van der Waals surface area contributed by atoms with Crippen LogP contribution in [0.15, 0.2) is 63.6 Å². The van der Waals surface area contributed by atoms with Crippen LogP contribution in [-0.2, 0) is 6.42 Å². The van der Waals surface area contributed by atoms with Crippen LogP contribution in [0.4, 0.5) is 5.88 Å². The third kappa shape index (κ3) is 3.68. The first-order valence-corrected chi connectivity index (χ1v) is 8.90. The van der Waals surface area contributed by atoms with E-state index in [-0.39, 0.29) is 11.8 Å². The van der Waals surface area contributed by atoms with Gasteiger partial charge in [-0.2, -0.15) is 4.98 Å². The maximum Gasteiger partial charge on any atom is 0.258 e. The number of rotatable bonds is 5. The number of carbonyl (C=O) groups is 1. The van der Waals surface area contributed by atoms with Crippen molar-refractivity contribution in [2.24, 2.45) is 0 Å². The molecule has 28 heavy (non-hydrogen) atoms. The summed E-state index contributed by atoms with van der Waals surface area (Å²) in [6, 6.07) is 16.7. The molecular weight excluding hydrogens is 356 g/mol. The maximum atomic E-state index is 12.4. The Hall–Kier alpha value is -3.74. The van der Waals surface area contributed by atoms with Crippen LogP contribution in [0.25, 0.3) is 22.7 Å². The van der Waals surface area contributed by atoms with Gasteiger partial charge in [-0.15, -0.1) is 0 Å². The van der Waals surface area contributed by atoms with E-state index in [0.29, 0.717) is 23.0 Å². The lowest BCUT2D eigenvalue weighted by atomic mass is 10.1. The summed E-state index contributed by atoms with van der Waals surface area (Å²) >= 11 is 0. The molecule has 0 radical (unpaired) electrons. The SMILES string of the molecule is CCc1ccc(-c2cc(NC(=O)c3ccc(-c4nc(C)no4)cc3)on2)cc1. The fourth-order valence-corrected chi connectivity index (χ4v) is 2.74. The highest BCUT2D eigenvalue weighted by molar-refractivity contribution is 6.03. The quantitative estimate of drug-likeness (QED) is 0.552. The minimum atomic E-state index is -0.294. The van der Waals surface area contributed by atoms with Gasteiger partial charge in [0.05, 0.1) is 0 Å². The number of nitrogens with zero attached hydrogens (tertiary/aromatic N) is 3. The van der Waals surface area contributed by atoms with Crippen LogP contribution in [0.5, 0.6) is 0 Å². The molecule has 0 fully saturated rings. The van der Waals surface area contributed by atoms with Crippen LogP contribution in [0.3, 0.4) is 0 Å². The van der Waals surface area contributed by atoms with Crippen molar-refractivity contribution in [2.45, 2.75) is 20.3 Å². The number of hydrogen-bond donors (Lipinski definition) is 1. The van der Waals surface area contributed by atoms with E-state index in [1.54, 1.807) is 37.3 Å². The van der Waals surface area contributed by atoms with Crippen LogP contribution in [0.2, 0.25) is 0 Å². The van der Waals surface area contributed by atoms with E-state index in [4.69, 9.17) is 9.05 Å². The summed E-state index contributed by atoms with van der Waals surface area (Å²) in [5.74, 6) is 0.967. The molecule has 0 unspecified atom stereocenters. The molecule has 0 bridgehead atoms. The van der Waals surface area contributed by atoms with Crippen molar-refractivity contribution in [3.63, 3.8) is 0 Å². The second-order valence-corrected chi connectivity index (χ2v) is 6.31. The number of benzene rings is 2. The molecule has 7 heteroatoms. The zero-order valence-corrected chi connectivity index (χ0v) is 15.5. The highest BCUT2D eigenvalue weighted by Crippen LogP contribution is 2.23. The highest BCUT2D eigenvalue weighted by Gasteiger charge is 2.13. The standard InChI is InChI=1S/C21H18N4O3/c1-3-14-4-6-15(7-5-14)18-12-19(27-25-18)23-20(26)16-8-10-17(11-9-16)21-22-13(2)24-28-21/h4-12H,3H2,1-2H3,(H,23,26). The van der Waals surface area contributed by atoms with Gasteiger partial charge >= 0.3 is 0 Å². The molecule has 2 heterocycles. The largest absolute Gasteiger partial charge is 0.338 e. The average molecular weight is 374 g/mol. The van der Waals surface area contributed by atoms with Gasteiger partial charge in [0, 0.05) is 22.8 Å². The summed E-state index contributed by atoms with van der Waals surface area (Å²) in [5.41, 5.74) is 4.07. The fourth-order valence-electron chi connectivity index (χ4n) is 2.74. The Balaban J connectivity index is 1.45. The van der Waals surface area contributed by atoms with Gasteiger partial charge < -0.3 is 9.05 Å². The number of aryl methyl sites for hydroxylation is 2. The van der Waals surface area contributed by atoms with Gasteiger partial charge in [0.2, 0.25) is 5.88 Å². The van der Waals surface area contributed by atoms with Gasteiger partial charge in [0.25, 0.3) is 11.8 Å². The summed E-state index contributed by atoms with van der Waals surface area (Å²) < 4.78 is 10.4. The van der Waals surface area contributed by atoms with E-state index >= 15 is 0 Å². The van der Waals surface area contributed by atoms with E-state index in [9.17, 15) is 4.79 Å². The van der Waals surface area contributed by atoms with Crippen LogP contribution < -0.4 is 5.32 Å². The van der Waals surface area contributed by atoms with E-state index in [1.807, 2.05) is 12.1 Å². The van der Waals surface area contributed by atoms with Crippen LogP contribution in [-0.4, -0.2) is 21.2 Å². The number of aromatic nitrogens is 3. The monoisotopic (exact) mass is 374 g/mol. The normalized spacial score (nSPS) is 10.8. The van der Waals surface area contributed by atoms with Crippen molar-refractivity contribution in [3.8, 4) is 22.7 Å². The van der Waals surface area contributed by atoms with Gasteiger partial charge in [0.15, 0.2) is 5.82 Å². The van der Waals surface area contributed by atoms with Crippen molar-refractivity contribution >= 4 is 11.8 Å². The number of hydrogen-bond acceptors (Lipinski definition) is 6. The van der Waals surface area contributed by atoms with Gasteiger partial charge in [-0.25, -0.2) is 0 Å². The van der Waals surface area contributed by atoms with E-state index in [2.05, 4.69) is 39.7 Å².